The molecule has 9 heteroatoms. The molecule has 3 rings (SSSR count). The number of benzene rings is 2. The van der Waals surface area contributed by atoms with Gasteiger partial charge in [-0.3, -0.25) is 5.14 Å². The van der Waals surface area contributed by atoms with Crippen molar-refractivity contribution >= 4 is 11.9 Å². The molecule has 0 saturated carbocycles. The van der Waals surface area contributed by atoms with Crippen LogP contribution < -0.4 is 10.9 Å². The first kappa shape index (κ1) is 20.4. The van der Waals surface area contributed by atoms with E-state index in [-0.39, 0.29) is 0 Å². The lowest BCUT2D eigenvalue weighted by Gasteiger charge is -2.08. The Morgan fingerprint density at radius 3 is 2.11 bits per heavy atom. The number of alkyl halides is 3. The Hall–Kier alpha value is -2.96. The van der Waals surface area contributed by atoms with Crippen LogP contribution in [0, 0.1) is 18.4 Å². The number of aromatic nitrogens is 2. The molecule has 27 heavy (non-hydrogen) atoms. The van der Waals surface area contributed by atoms with Gasteiger partial charge in [0.1, 0.15) is 0 Å². The van der Waals surface area contributed by atoms with Crippen LogP contribution in [0.4, 0.5) is 13.2 Å². The number of halogens is 3. The molecular formula is C18H16F3N5S. The van der Waals surface area contributed by atoms with E-state index in [1.165, 1.54) is 10.9 Å². The molecule has 0 amide bonds. The highest BCUT2D eigenvalue weighted by atomic mass is 32.2. The van der Waals surface area contributed by atoms with Crippen LogP contribution in [-0.4, -0.2) is 9.78 Å². The van der Waals surface area contributed by atoms with E-state index < -0.39 is 11.9 Å². The third-order valence-electron chi connectivity index (χ3n) is 3.56. The summed E-state index contributed by atoms with van der Waals surface area (Å²) in [6.45, 7) is 1.92. The molecular weight excluding hydrogens is 375 g/mol. The molecule has 1 aromatic heterocycles. The minimum Gasteiger partial charge on any atom is -0.337 e. The van der Waals surface area contributed by atoms with E-state index in [9.17, 15) is 13.2 Å². The van der Waals surface area contributed by atoms with E-state index >= 15 is 0 Å². The maximum Gasteiger partial charge on any atom is 0.435 e. The molecule has 0 aliphatic carbocycles. The van der Waals surface area contributed by atoms with Crippen molar-refractivity contribution in [2.75, 3.05) is 0 Å². The normalized spacial score (nSPS) is 10.7. The maximum absolute atomic E-state index is 13.1. The molecule has 4 N–H and O–H groups in total. The topological polar surface area (TPSA) is 93.6 Å². The van der Waals surface area contributed by atoms with Gasteiger partial charge in [0.05, 0.1) is 11.4 Å². The predicted molar refractivity (Wildman–Crippen MR) is 98.6 cm³/mol. The summed E-state index contributed by atoms with van der Waals surface area (Å²) in [4.78, 5) is 0.818. The summed E-state index contributed by atoms with van der Waals surface area (Å²) in [7, 11) is 0. The first-order valence-electron chi connectivity index (χ1n) is 7.61. The van der Waals surface area contributed by atoms with Gasteiger partial charge in [-0.05, 0) is 49.2 Å². The van der Waals surface area contributed by atoms with Gasteiger partial charge in [0.15, 0.2) is 11.9 Å². The molecule has 0 bridgehead atoms. The third kappa shape index (κ3) is 5.03. The van der Waals surface area contributed by atoms with Crippen molar-refractivity contribution in [1.82, 2.24) is 9.78 Å². The lowest BCUT2D eigenvalue weighted by atomic mass is 10.1. The van der Waals surface area contributed by atoms with Crippen molar-refractivity contribution in [1.29, 1.82) is 5.26 Å². The zero-order valence-corrected chi connectivity index (χ0v) is 15.1. The number of nitrogens with two attached hydrogens (primary N) is 2. The Labute approximate surface area is 158 Å². The van der Waals surface area contributed by atoms with Crippen LogP contribution in [0.5, 0.6) is 0 Å². The van der Waals surface area contributed by atoms with Gasteiger partial charge in [0.2, 0.25) is 0 Å². The van der Waals surface area contributed by atoms with Crippen molar-refractivity contribution in [3.8, 4) is 23.1 Å². The maximum atomic E-state index is 13.1. The van der Waals surface area contributed by atoms with Crippen molar-refractivity contribution < 1.29 is 13.2 Å². The molecule has 0 spiro atoms. The second kappa shape index (κ2) is 8.62. The predicted octanol–water partition coefficient (Wildman–Crippen LogP) is 4.26. The molecule has 0 aliphatic rings. The minimum absolute atomic E-state index is 0.385. The zero-order chi connectivity index (χ0) is 20.0. The third-order valence-corrected chi connectivity index (χ3v) is 4.11. The van der Waals surface area contributed by atoms with Crippen molar-refractivity contribution in [3.05, 3.63) is 65.9 Å². The van der Waals surface area contributed by atoms with E-state index in [0.717, 1.165) is 28.5 Å². The van der Waals surface area contributed by atoms with Crippen LogP contribution in [0.3, 0.4) is 0 Å². The lowest BCUT2D eigenvalue weighted by molar-refractivity contribution is -0.141. The lowest BCUT2D eigenvalue weighted by Crippen LogP contribution is -2.07. The monoisotopic (exact) mass is 391 g/mol. The fourth-order valence-corrected chi connectivity index (χ4v) is 2.61. The zero-order valence-electron chi connectivity index (χ0n) is 14.2. The number of rotatable bonds is 3. The molecule has 0 atom stereocenters. The fourth-order valence-electron chi connectivity index (χ4n) is 2.31. The Balaban J connectivity index is 0.000000817. The Kier molecular flexibility index (Phi) is 6.50. The van der Waals surface area contributed by atoms with E-state index in [4.69, 9.17) is 10.4 Å². The van der Waals surface area contributed by atoms with E-state index in [2.05, 4.69) is 10.8 Å². The summed E-state index contributed by atoms with van der Waals surface area (Å²) in [5.74, 6) is 0. The van der Waals surface area contributed by atoms with Crippen LogP contribution in [0.2, 0.25) is 0 Å². The minimum atomic E-state index is -4.50. The van der Waals surface area contributed by atoms with Gasteiger partial charge in [0, 0.05) is 10.5 Å². The SMILES string of the molecule is Cc1ccc(-c2cc(C(F)(F)F)nn2-c2ccc(SN)cc2)cc1.N#CN. The Morgan fingerprint density at radius 2 is 1.63 bits per heavy atom. The van der Waals surface area contributed by atoms with Gasteiger partial charge < -0.3 is 5.73 Å². The first-order valence-corrected chi connectivity index (χ1v) is 8.49. The molecule has 140 valence electrons. The van der Waals surface area contributed by atoms with Crippen LogP contribution >= 0.6 is 11.9 Å². The standard InChI is InChI=1S/C17H14F3N3S.CH2N2/c1-11-2-4-12(5-3-11)15-10-16(17(18,19)20)22-23(15)13-6-8-14(24-21)9-7-13;2-1-3/h2-10H,21H2,1H3;2H2. The van der Waals surface area contributed by atoms with Crippen LogP contribution in [-0.2, 0) is 6.18 Å². The van der Waals surface area contributed by atoms with Gasteiger partial charge in [0.25, 0.3) is 0 Å². The molecule has 0 aliphatic heterocycles. The van der Waals surface area contributed by atoms with Gasteiger partial charge in [-0.1, -0.05) is 29.8 Å². The first-order chi connectivity index (χ1) is 12.8. The summed E-state index contributed by atoms with van der Waals surface area (Å²) >= 11 is 1.07. The second-order valence-electron chi connectivity index (χ2n) is 5.43. The summed E-state index contributed by atoms with van der Waals surface area (Å²) < 4.78 is 40.6. The van der Waals surface area contributed by atoms with Crippen molar-refractivity contribution in [2.45, 2.75) is 18.0 Å². The Bertz CT molecular complexity index is 926. The van der Waals surface area contributed by atoms with Gasteiger partial charge >= 0.3 is 6.18 Å². The van der Waals surface area contributed by atoms with Crippen LogP contribution in [0.15, 0.2) is 59.5 Å². The summed E-state index contributed by atoms with van der Waals surface area (Å²) in [5, 5.41) is 16.3. The molecule has 1 heterocycles. The van der Waals surface area contributed by atoms with Gasteiger partial charge in [-0.25, -0.2) is 4.68 Å². The second-order valence-corrected chi connectivity index (χ2v) is 6.14. The highest BCUT2D eigenvalue weighted by Gasteiger charge is 2.35. The van der Waals surface area contributed by atoms with Crippen molar-refractivity contribution in [2.24, 2.45) is 10.9 Å². The van der Waals surface area contributed by atoms with Gasteiger partial charge in [-0.2, -0.15) is 23.5 Å². The van der Waals surface area contributed by atoms with Crippen LogP contribution in [0.1, 0.15) is 11.3 Å². The highest BCUT2D eigenvalue weighted by molar-refractivity contribution is 7.97. The van der Waals surface area contributed by atoms with Crippen LogP contribution in [0.25, 0.3) is 16.9 Å². The number of nitriles is 1. The number of aryl methyl sites for hydroxylation is 1. The molecule has 0 fully saturated rings. The largest absolute Gasteiger partial charge is 0.435 e. The molecule has 0 unspecified atom stereocenters. The fraction of sp³-hybridized carbons (Fsp3) is 0.111. The summed E-state index contributed by atoms with van der Waals surface area (Å²) in [6.07, 6.45) is -3.25. The molecule has 0 saturated heterocycles. The number of nitrogens with zero attached hydrogens (tertiary/aromatic N) is 3. The van der Waals surface area contributed by atoms with E-state index in [1.54, 1.807) is 36.4 Å². The average molecular weight is 391 g/mol. The summed E-state index contributed by atoms with van der Waals surface area (Å²) in [6, 6.07) is 15.2. The highest BCUT2D eigenvalue weighted by Crippen LogP contribution is 2.33. The number of hydrogen-bond donors (Lipinski definition) is 2. The van der Waals surface area contributed by atoms with Crippen molar-refractivity contribution in [3.63, 3.8) is 0 Å². The smallest absolute Gasteiger partial charge is 0.337 e. The Morgan fingerprint density at radius 1 is 1.07 bits per heavy atom. The summed E-state index contributed by atoms with van der Waals surface area (Å²) in [5.41, 5.74) is 5.86. The molecule has 2 aromatic carbocycles. The quantitative estimate of drug-likeness (QED) is 0.395. The van der Waals surface area contributed by atoms with Gasteiger partial charge in [-0.15, -0.1) is 0 Å². The number of hydrogen-bond acceptors (Lipinski definition) is 5. The van der Waals surface area contributed by atoms with E-state index in [0.29, 0.717) is 16.9 Å². The molecule has 3 aromatic rings. The average Bonchev–Trinajstić information content (AvgIpc) is 3.09. The molecule has 0 radical (unpaired) electrons. The van der Waals surface area contributed by atoms with E-state index in [1.807, 2.05) is 19.1 Å². The molecule has 5 nitrogen and oxygen atoms in total.